The second kappa shape index (κ2) is 14.3. The Labute approximate surface area is 305 Å². The van der Waals surface area contributed by atoms with Crippen molar-refractivity contribution in [3.05, 3.63) is 126 Å². The van der Waals surface area contributed by atoms with Crippen LogP contribution in [0.2, 0.25) is 10.0 Å². The van der Waals surface area contributed by atoms with Crippen LogP contribution in [0, 0.1) is 0 Å². The van der Waals surface area contributed by atoms with Gasteiger partial charge in [0.2, 0.25) is 5.43 Å². The van der Waals surface area contributed by atoms with Gasteiger partial charge >= 0.3 is 6.09 Å². The second-order valence-corrected chi connectivity index (χ2v) is 15.1. The predicted octanol–water partition coefficient (Wildman–Crippen LogP) is 9.75. The van der Waals surface area contributed by atoms with E-state index in [-0.39, 0.29) is 17.6 Å². The Bertz CT molecular complexity index is 2130. The summed E-state index contributed by atoms with van der Waals surface area (Å²) in [5, 5.41) is 3.54. The number of aromatic nitrogens is 2. The molecular formula is C37H32Br2Cl2N4O3. The molecule has 48 heavy (non-hydrogen) atoms. The van der Waals surface area contributed by atoms with Gasteiger partial charge in [0.05, 0.1) is 11.7 Å². The molecular weight excluding hydrogens is 779 g/mol. The summed E-state index contributed by atoms with van der Waals surface area (Å²) in [6.45, 7) is 8.38. The fourth-order valence-corrected chi connectivity index (χ4v) is 7.47. The van der Waals surface area contributed by atoms with E-state index in [1.54, 1.807) is 29.3 Å². The fourth-order valence-electron chi connectivity index (χ4n) is 5.96. The summed E-state index contributed by atoms with van der Waals surface area (Å²) in [5.74, 6) is 0. The maximum Gasteiger partial charge on any atom is 0.410 e. The molecule has 2 aromatic heterocycles. The summed E-state index contributed by atoms with van der Waals surface area (Å²) in [4.78, 5) is 38.0. The molecule has 1 atom stereocenters. The Kier molecular flexibility index (Phi) is 10.3. The average molecular weight is 811 g/mol. The Balaban J connectivity index is 0.000000189. The van der Waals surface area contributed by atoms with Crippen LogP contribution in [-0.4, -0.2) is 57.6 Å². The molecule has 3 heterocycles. The van der Waals surface area contributed by atoms with E-state index in [9.17, 15) is 9.59 Å². The van der Waals surface area contributed by atoms with Gasteiger partial charge in [-0.3, -0.25) is 19.7 Å². The molecule has 2 aliphatic rings. The van der Waals surface area contributed by atoms with Gasteiger partial charge in [-0.2, -0.15) is 0 Å². The zero-order chi connectivity index (χ0) is 34.2. The zero-order valence-electron chi connectivity index (χ0n) is 26.5. The van der Waals surface area contributed by atoms with Gasteiger partial charge in [-0.1, -0.05) is 67.2 Å². The van der Waals surface area contributed by atoms with Crippen LogP contribution in [0.25, 0.3) is 32.2 Å². The first-order valence-corrected chi connectivity index (χ1v) is 17.7. The highest BCUT2D eigenvalue weighted by molar-refractivity contribution is 9.15. The van der Waals surface area contributed by atoms with Crippen LogP contribution in [0.1, 0.15) is 49.2 Å². The molecule has 1 aliphatic heterocycles. The van der Waals surface area contributed by atoms with Crippen molar-refractivity contribution in [1.29, 1.82) is 0 Å². The number of hydrogen-bond donors (Lipinski definition) is 0. The Morgan fingerprint density at radius 3 is 2.31 bits per heavy atom. The van der Waals surface area contributed by atoms with Crippen molar-refractivity contribution < 1.29 is 9.53 Å². The van der Waals surface area contributed by atoms with Gasteiger partial charge in [0, 0.05) is 73.9 Å². The molecule has 0 bridgehead atoms. The number of hydrogen-bond acceptors (Lipinski definition) is 6. The number of ether oxygens (including phenoxy) is 1. The van der Waals surface area contributed by atoms with E-state index in [1.165, 1.54) is 5.56 Å². The molecule has 5 aromatic rings. The van der Waals surface area contributed by atoms with Crippen molar-refractivity contribution in [1.82, 2.24) is 19.8 Å². The van der Waals surface area contributed by atoms with Gasteiger partial charge in [0.1, 0.15) is 11.1 Å². The number of halogens is 4. The lowest BCUT2D eigenvalue weighted by Crippen LogP contribution is -2.51. The molecule has 1 aliphatic carbocycles. The monoisotopic (exact) mass is 808 g/mol. The van der Waals surface area contributed by atoms with Crippen LogP contribution in [-0.2, 0) is 4.74 Å². The van der Waals surface area contributed by atoms with Crippen LogP contribution < -0.4 is 5.43 Å². The third-order valence-electron chi connectivity index (χ3n) is 8.13. The molecule has 7 nitrogen and oxygen atoms in total. The molecule has 1 fully saturated rings. The number of amides is 1. The highest BCUT2D eigenvalue weighted by Crippen LogP contribution is 2.41. The Morgan fingerprint density at radius 2 is 1.56 bits per heavy atom. The quantitative estimate of drug-likeness (QED) is 0.168. The van der Waals surface area contributed by atoms with E-state index in [0.29, 0.717) is 34.0 Å². The largest absolute Gasteiger partial charge is 0.444 e. The lowest BCUT2D eigenvalue weighted by molar-refractivity contribution is 0.0118. The van der Waals surface area contributed by atoms with Crippen molar-refractivity contribution in [2.75, 3.05) is 26.2 Å². The first-order valence-electron chi connectivity index (χ1n) is 15.4. The number of rotatable bonds is 1. The van der Waals surface area contributed by atoms with E-state index >= 15 is 0 Å². The molecule has 246 valence electrons. The van der Waals surface area contributed by atoms with Gasteiger partial charge in [0.25, 0.3) is 0 Å². The highest BCUT2D eigenvalue weighted by Gasteiger charge is 2.34. The summed E-state index contributed by atoms with van der Waals surface area (Å²) in [7, 11) is 0. The highest BCUT2D eigenvalue weighted by atomic mass is 79.9. The Morgan fingerprint density at radius 1 is 0.875 bits per heavy atom. The molecule has 0 saturated carbocycles. The number of piperazine rings is 1. The van der Waals surface area contributed by atoms with Gasteiger partial charge < -0.3 is 9.64 Å². The van der Waals surface area contributed by atoms with E-state index in [0.717, 1.165) is 49.6 Å². The number of carbonyl (C=O) groups excluding carboxylic acids is 1. The minimum Gasteiger partial charge on any atom is -0.444 e. The summed E-state index contributed by atoms with van der Waals surface area (Å²) in [6, 6.07) is 20.8. The maximum absolute atomic E-state index is 12.5. The first kappa shape index (κ1) is 34.5. The van der Waals surface area contributed by atoms with Crippen LogP contribution in [0.5, 0.6) is 0 Å². The number of pyridine rings is 2. The van der Waals surface area contributed by atoms with Gasteiger partial charge in [-0.05, 0) is 98.0 Å². The van der Waals surface area contributed by atoms with Gasteiger partial charge in [-0.15, -0.1) is 0 Å². The van der Waals surface area contributed by atoms with Crippen molar-refractivity contribution in [2.45, 2.75) is 32.4 Å². The number of benzene rings is 2. The third kappa shape index (κ3) is 7.45. The van der Waals surface area contributed by atoms with Crippen molar-refractivity contribution >= 4 is 93.4 Å². The number of carbonyl (C=O) groups is 1. The van der Waals surface area contributed by atoms with Crippen LogP contribution >= 0.6 is 55.1 Å². The van der Waals surface area contributed by atoms with Crippen LogP contribution in [0.15, 0.2) is 88.4 Å². The molecule has 0 N–H and O–H groups in total. The summed E-state index contributed by atoms with van der Waals surface area (Å²) in [6.07, 6.45) is 5.32. The Hall–Kier alpha value is -3.34. The van der Waals surface area contributed by atoms with E-state index in [1.807, 2.05) is 63.4 Å². The molecule has 3 aromatic carbocycles. The van der Waals surface area contributed by atoms with Gasteiger partial charge in [0.15, 0.2) is 0 Å². The minimum absolute atomic E-state index is 0.0134. The van der Waals surface area contributed by atoms with E-state index in [4.69, 9.17) is 32.9 Å². The van der Waals surface area contributed by atoms with E-state index < -0.39 is 5.60 Å². The molecule has 7 rings (SSSR count). The molecule has 11 heteroatoms. The normalized spacial score (nSPS) is 16.3. The van der Waals surface area contributed by atoms with Crippen LogP contribution in [0.3, 0.4) is 0 Å². The fraction of sp³-hybridized carbons (Fsp3) is 0.243. The minimum atomic E-state index is -0.492. The van der Waals surface area contributed by atoms with Crippen molar-refractivity contribution in [3.63, 3.8) is 0 Å². The smallest absolute Gasteiger partial charge is 0.410 e. The molecule has 1 unspecified atom stereocenters. The second-order valence-electron chi connectivity index (χ2n) is 12.6. The third-order valence-corrected chi connectivity index (χ3v) is 9.91. The maximum atomic E-state index is 12.5. The topological polar surface area (TPSA) is 75.6 Å². The van der Waals surface area contributed by atoms with Crippen molar-refractivity contribution in [2.24, 2.45) is 0 Å². The van der Waals surface area contributed by atoms with Crippen molar-refractivity contribution in [3.8, 4) is 0 Å². The summed E-state index contributed by atoms with van der Waals surface area (Å²) < 4.78 is 7.37. The standard InChI is InChI=1S/C23H25BrClN3O2.C14H7BrClNO/c1-23(2,3)30-22(29)28-11-9-27(10-12-28)21-17-7-6-16(25)13-15(17)14-19(24)18-5-4-8-26-20(18)21;15-12-7-8-6-9(16)3-4-10(8)14(18)13-11(12)2-1-5-17-13/h4-8,13-14,21H,9-12H2,1-3H3;1-7H. The first-order chi connectivity index (χ1) is 22.9. The predicted molar refractivity (Wildman–Crippen MR) is 202 cm³/mol. The van der Waals surface area contributed by atoms with Crippen LogP contribution in [0.4, 0.5) is 4.79 Å². The molecule has 0 radical (unpaired) electrons. The number of nitrogens with zero attached hydrogens (tertiary/aromatic N) is 4. The van der Waals surface area contributed by atoms with E-state index in [2.05, 4.69) is 60.0 Å². The average Bonchev–Trinajstić information content (AvgIpc) is 3.24. The summed E-state index contributed by atoms with van der Waals surface area (Å²) in [5.41, 5.74) is 4.21. The van der Waals surface area contributed by atoms with Gasteiger partial charge in [-0.25, -0.2) is 4.79 Å². The SMILES string of the molecule is CC(C)(C)OC(=O)N1CCN(C2c3ccc(Cl)cc3C=C(Br)c3cccnc32)CC1.O=c1c2ccc(Cl)cc2cc(Br)c2cccnc12. The molecule has 0 spiro atoms. The lowest BCUT2D eigenvalue weighted by atomic mass is 9.96. The lowest BCUT2D eigenvalue weighted by Gasteiger charge is -2.40. The summed E-state index contributed by atoms with van der Waals surface area (Å²) >= 11 is 19.5. The zero-order valence-corrected chi connectivity index (χ0v) is 31.2. The molecule has 1 saturated heterocycles. The molecule has 1 amide bonds. The number of fused-ring (bicyclic) bond motifs is 4.